The van der Waals surface area contributed by atoms with Crippen molar-refractivity contribution in [3.05, 3.63) is 58.3 Å². The fraction of sp³-hybridized carbons (Fsp3) is 0.316. The van der Waals surface area contributed by atoms with Gasteiger partial charge in [-0.25, -0.2) is 15.0 Å². The number of aromatic nitrogens is 3. The first kappa shape index (κ1) is 16.2. The van der Waals surface area contributed by atoms with Gasteiger partial charge in [-0.2, -0.15) is 11.3 Å². The Labute approximate surface area is 151 Å². The summed E-state index contributed by atoms with van der Waals surface area (Å²) < 4.78 is 5.39. The molecule has 6 heteroatoms. The quantitative estimate of drug-likeness (QED) is 0.722. The second-order valence-corrected chi connectivity index (χ2v) is 6.89. The van der Waals surface area contributed by atoms with Crippen LogP contribution in [-0.2, 0) is 19.4 Å². The number of hydrogen-bond acceptors (Lipinski definition) is 6. The van der Waals surface area contributed by atoms with E-state index in [1.807, 2.05) is 6.07 Å². The smallest absolute Gasteiger partial charge is 0.217 e. The minimum absolute atomic E-state index is 0.711. The molecule has 0 aromatic carbocycles. The van der Waals surface area contributed by atoms with Crippen LogP contribution in [0.5, 0.6) is 5.88 Å². The molecule has 0 amide bonds. The summed E-state index contributed by atoms with van der Waals surface area (Å²) >= 11 is 1.71. The summed E-state index contributed by atoms with van der Waals surface area (Å²) in [7, 11) is 1.67. The van der Waals surface area contributed by atoms with E-state index in [9.17, 15) is 0 Å². The summed E-state index contributed by atoms with van der Waals surface area (Å²) in [5.41, 5.74) is 5.89. The third-order valence-corrected chi connectivity index (χ3v) is 5.29. The number of ether oxygens (including phenoxy) is 1. The van der Waals surface area contributed by atoms with Gasteiger partial charge in [0.25, 0.3) is 0 Å². The van der Waals surface area contributed by atoms with Crippen LogP contribution in [0.15, 0.2) is 41.5 Å². The van der Waals surface area contributed by atoms with Crippen LogP contribution in [0.2, 0.25) is 0 Å². The van der Waals surface area contributed by atoms with Gasteiger partial charge in [-0.3, -0.25) is 4.90 Å². The van der Waals surface area contributed by atoms with E-state index < -0.39 is 0 Å². The second-order valence-electron chi connectivity index (χ2n) is 6.11. The molecule has 1 aliphatic heterocycles. The molecule has 0 fully saturated rings. The van der Waals surface area contributed by atoms with Gasteiger partial charge in [0.1, 0.15) is 6.33 Å². The van der Waals surface area contributed by atoms with Gasteiger partial charge in [0.2, 0.25) is 5.88 Å². The molecule has 1 aliphatic rings. The molecule has 128 valence electrons. The van der Waals surface area contributed by atoms with Crippen molar-refractivity contribution >= 4 is 11.3 Å². The zero-order valence-corrected chi connectivity index (χ0v) is 15.0. The molecule has 0 radical (unpaired) electrons. The van der Waals surface area contributed by atoms with Gasteiger partial charge in [-0.1, -0.05) is 6.07 Å². The molecule has 5 nitrogen and oxygen atoms in total. The highest BCUT2D eigenvalue weighted by Gasteiger charge is 2.20. The van der Waals surface area contributed by atoms with E-state index in [4.69, 9.17) is 4.74 Å². The largest absolute Gasteiger partial charge is 0.481 e. The van der Waals surface area contributed by atoms with Crippen molar-refractivity contribution < 1.29 is 4.74 Å². The van der Waals surface area contributed by atoms with Crippen molar-refractivity contribution in [1.82, 2.24) is 19.9 Å². The van der Waals surface area contributed by atoms with Crippen molar-refractivity contribution in [2.75, 3.05) is 20.2 Å². The summed E-state index contributed by atoms with van der Waals surface area (Å²) in [5.74, 6) is 0.711. The Kier molecular flexibility index (Phi) is 4.72. The van der Waals surface area contributed by atoms with Crippen LogP contribution in [0.3, 0.4) is 0 Å². The van der Waals surface area contributed by atoms with Gasteiger partial charge in [0.05, 0.1) is 12.8 Å². The summed E-state index contributed by atoms with van der Waals surface area (Å²) in [6.45, 7) is 2.80. The molecule has 0 atom stereocenters. The van der Waals surface area contributed by atoms with E-state index in [2.05, 4.69) is 42.7 Å². The average molecular weight is 352 g/mol. The lowest BCUT2D eigenvalue weighted by atomic mass is 10.0. The number of nitrogens with zero attached hydrogens (tertiary/aromatic N) is 4. The highest BCUT2D eigenvalue weighted by atomic mass is 32.1. The topological polar surface area (TPSA) is 51.1 Å². The van der Waals surface area contributed by atoms with Crippen molar-refractivity contribution in [3.8, 4) is 17.1 Å². The molecule has 0 saturated carbocycles. The fourth-order valence-electron chi connectivity index (χ4n) is 3.35. The average Bonchev–Trinajstić information content (AvgIpc) is 3.11. The Morgan fingerprint density at radius 3 is 2.92 bits per heavy atom. The SMILES string of the molecule is COc1ncccc1CN1CCc2ncnc(-c3ccsc3)c2CC1. The van der Waals surface area contributed by atoms with E-state index in [-0.39, 0.29) is 0 Å². The van der Waals surface area contributed by atoms with Crippen LogP contribution in [0.4, 0.5) is 0 Å². The number of fused-ring (bicyclic) bond motifs is 1. The molecule has 4 heterocycles. The molecule has 0 saturated heterocycles. The first-order chi connectivity index (χ1) is 12.3. The fourth-order valence-corrected chi connectivity index (χ4v) is 3.99. The lowest BCUT2D eigenvalue weighted by Gasteiger charge is -2.20. The Morgan fingerprint density at radius 2 is 2.08 bits per heavy atom. The maximum atomic E-state index is 5.39. The van der Waals surface area contributed by atoms with E-state index in [0.717, 1.165) is 43.7 Å². The first-order valence-electron chi connectivity index (χ1n) is 8.40. The molecule has 0 spiro atoms. The highest BCUT2D eigenvalue weighted by molar-refractivity contribution is 7.08. The lowest BCUT2D eigenvalue weighted by molar-refractivity contribution is 0.272. The standard InChI is InChI=1S/C19H20N4OS/c1-24-19-14(3-2-7-20-19)11-23-8-4-16-17(5-9-23)21-13-22-18(16)15-6-10-25-12-15/h2-3,6-7,10,12-13H,4-5,8-9,11H2,1H3. The van der Waals surface area contributed by atoms with E-state index >= 15 is 0 Å². The molecule has 0 unspecified atom stereocenters. The maximum Gasteiger partial charge on any atom is 0.217 e. The van der Waals surface area contributed by atoms with Crippen LogP contribution in [0.25, 0.3) is 11.3 Å². The van der Waals surface area contributed by atoms with Crippen molar-refractivity contribution in [2.45, 2.75) is 19.4 Å². The second kappa shape index (κ2) is 7.29. The first-order valence-corrected chi connectivity index (χ1v) is 9.35. The summed E-state index contributed by atoms with van der Waals surface area (Å²) in [5, 5.41) is 4.26. The Hall–Kier alpha value is -2.31. The number of methoxy groups -OCH3 is 1. The molecular weight excluding hydrogens is 332 g/mol. The summed E-state index contributed by atoms with van der Waals surface area (Å²) in [4.78, 5) is 15.9. The molecule has 3 aromatic heterocycles. The Balaban J connectivity index is 1.55. The third kappa shape index (κ3) is 3.41. The monoisotopic (exact) mass is 352 g/mol. The minimum Gasteiger partial charge on any atom is -0.481 e. The van der Waals surface area contributed by atoms with Crippen LogP contribution in [-0.4, -0.2) is 40.1 Å². The van der Waals surface area contributed by atoms with Gasteiger partial charge in [0.15, 0.2) is 0 Å². The molecule has 0 N–H and O–H groups in total. The molecule has 25 heavy (non-hydrogen) atoms. The minimum atomic E-state index is 0.711. The third-order valence-electron chi connectivity index (χ3n) is 4.61. The zero-order valence-electron chi connectivity index (χ0n) is 14.2. The van der Waals surface area contributed by atoms with Gasteiger partial charge >= 0.3 is 0 Å². The molecule has 0 aliphatic carbocycles. The normalized spacial score (nSPS) is 14.8. The molecule has 0 bridgehead atoms. The highest BCUT2D eigenvalue weighted by Crippen LogP contribution is 2.28. The number of hydrogen-bond donors (Lipinski definition) is 0. The maximum absolute atomic E-state index is 5.39. The molecule has 3 aromatic rings. The van der Waals surface area contributed by atoms with Crippen LogP contribution in [0, 0.1) is 0 Å². The number of pyridine rings is 1. The van der Waals surface area contributed by atoms with Gasteiger partial charge < -0.3 is 4.74 Å². The number of rotatable bonds is 4. The predicted octanol–water partition coefficient (Wildman–Crippen LogP) is 3.21. The van der Waals surface area contributed by atoms with E-state index in [1.54, 1.807) is 31.0 Å². The number of thiophene rings is 1. The van der Waals surface area contributed by atoms with Crippen LogP contribution >= 0.6 is 11.3 Å². The summed E-state index contributed by atoms with van der Waals surface area (Å²) in [6, 6.07) is 6.18. The van der Waals surface area contributed by atoms with Crippen LogP contribution in [0.1, 0.15) is 16.8 Å². The van der Waals surface area contributed by atoms with Crippen molar-refractivity contribution in [3.63, 3.8) is 0 Å². The van der Waals surface area contributed by atoms with E-state index in [1.165, 1.54) is 16.8 Å². The van der Waals surface area contributed by atoms with Crippen molar-refractivity contribution in [1.29, 1.82) is 0 Å². The molecular formula is C19H20N4OS. The van der Waals surface area contributed by atoms with E-state index in [0.29, 0.717) is 5.88 Å². The molecule has 4 rings (SSSR count). The zero-order chi connectivity index (χ0) is 17.1. The van der Waals surface area contributed by atoms with Crippen LogP contribution < -0.4 is 4.74 Å². The van der Waals surface area contributed by atoms with Gasteiger partial charge in [0, 0.05) is 60.0 Å². The Morgan fingerprint density at radius 1 is 1.16 bits per heavy atom. The lowest BCUT2D eigenvalue weighted by Crippen LogP contribution is -2.26. The summed E-state index contributed by atoms with van der Waals surface area (Å²) in [6.07, 6.45) is 5.37. The predicted molar refractivity (Wildman–Crippen MR) is 98.8 cm³/mol. The Bertz CT molecular complexity index is 850. The van der Waals surface area contributed by atoms with Crippen molar-refractivity contribution in [2.24, 2.45) is 0 Å². The van der Waals surface area contributed by atoms with Gasteiger partial charge in [-0.15, -0.1) is 0 Å². The van der Waals surface area contributed by atoms with Gasteiger partial charge in [-0.05, 0) is 23.9 Å².